The quantitative estimate of drug-likeness (QED) is 0.858. The van der Waals surface area contributed by atoms with Crippen LogP contribution in [0.3, 0.4) is 0 Å². The van der Waals surface area contributed by atoms with Crippen LogP contribution >= 0.6 is 0 Å². The maximum atomic E-state index is 12.3. The lowest BCUT2D eigenvalue weighted by Crippen LogP contribution is -2.50. The smallest absolute Gasteiger partial charge is 0.260 e. The van der Waals surface area contributed by atoms with Crippen molar-refractivity contribution < 1.29 is 9.53 Å². The first-order valence-corrected chi connectivity index (χ1v) is 8.14. The molecule has 2 aromatic rings. The summed E-state index contributed by atoms with van der Waals surface area (Å²) in [6.07, 6.45) is 0. The Morgan fingerprint density at radius 2 is 1.71 bits per heavy atom. The van der Waals surface area contributed by atoms with Gasteiger partial charge in [0.2, 0.25) is 0 Å². The van der Waals surface area contributed by atoms with Crippen LogP contribution in [0.4, 0.5) is 5.82 Å². The molecule has 0 bridgehead atoms. The summed E-state index contributed by atoms with van der Waals surface area (Å²) in [6.45, 7) is 6.88. The molecule has 1 fully saturated rings. The molecule has 1 amide bonds. The minimum absolute atomic E-state index is 0.0187. The Balaban J connectivity index is 1.48. The van der Waals surface area contributed by atoms with E-state index in [4.69, 9.17) is 4.74 Å². The Bertz CT molecular complexity index is 677. The summed E-state index contributed by atoms with van der Waals surface area (Å²) >= 11 is 0. The summed E-state index contributed by atoms with van der Waals surface area (Å²) < 4.78 is 5.57. The second kappa shape index (κ2) is 7.29. The Morgan fingerprint density at radius 1 is 1.00 bits per heavy atom. The molecule has 1 aromatic heterocycles. The van der Waals surface area contributed by atoms with Gasteiger partial charge in [-0.05, 0) is 38.1 Å². The third kappa shape index (κ3) is 4.01. The molecule has 0 spiro atoms. The predicted octanol–water partition coefficient (Wildman–Crippen LogP) is 1.82. The van der Waals surface area contributed by atoms with Crippen LogP contribution in [0.2, 0.25) is 0 Å². The maximum Gasteiger partial charge on any atom is 0.260 e. The van der Waals surface area contributed by atoms with Gasteiger partial charge in [0.15, 0.2) is 12.4 Å². The van der Waals surface area contributed by atoms with E-state index in [0.29, 0.717) is 13.1 Å². The van der Waals surface area contributed by atoms with Gasteiger partial charge in [-0.2, -0.15) is 5.10 Å². The topological polar surface area (TPSA) is 58.6 Å². The standard InChI is InChI=1S/C18H22N4O2/c1-14-3-6-16(7-4-14)24-13-18(23)22-11-9-21(10-12-22)17-8-5-15(2)19-20-17/h3-8H,9-13H2,1-2H3. The molecule has 0 aliphatic carbocycles. The Hall–Kier alpha value is -2.63. The maximum absolute atomic E-state index is 12.3. The molecule has 1 aliphatic rings. The van der Waals surface area contributed by atoms with Gasteiger partial charge < -0.3 is 14.5 Å². The van der Waals surface area contributed by atoms with Crippen LogP contribution < -0.4 is 9.64 Å². The van der Waals surface area contributed by atoms with Crippen molar-refractivity contribution in [2.75, 3.05) is 37.7 Å². The average molecular weight is 326 g/mol. The second-order valence-electron chi connectivity index (χ2n) is 6.00. The fourth-order valence-corrected chi connectivity index (χ4v) is 2.62. The molecule has 0 N–H and O–H groups in total. The summed E-state index contributed by atoms with van der Waals surface area (Å²) in [5.41, 5.74) is 2.07. The monoisotopic (exact) mass is 326 g/mol. The van der Waals surface area contributed by atoms with Crippen molar-refractivity contribution in [1.82, 2.24) is 15.1 Å². The highest BCUT2D eigenvalue weighted by Crippen LogP contribution is 2.14. The van der Waals surface area contributed by atoms with E-state index in [9.17, 15) is 4.79 Å². The number of amides is 1. The summed E-state index contributed by atoms with van der Waals surface area (Å²) in [5, 5.41) is 8.29. The van der Waals surface area contributed by atoms with E-state index in [1.807, 2.05) is 55.1 Å². The molecule has 1 saturated heterocycles. The molecule has 126 valence electrons. The van der Waals surface area contributed by atoms with E-state index in [-0.39, 0.29) is 12.5 Å². The number of aromatic nitrogens is 2. The number of hydrogen-bond donors (Lipinski definition) is 0. The number of ether oxygens (including phenoxy) is 1. The fraction of sp³-hybridized carbons (Fsp3) is 0.389. The largest absolute Gasteiger partial charge is 0.484 e. The number of hydrogen-bond acceptors (Lipinski definition) is 5. The third-order valence-electron chi connectivity index (χ3n) is 4.12. The van der Waals surface area contributed by atoms with Gasteiger partial charge in [0, 0.05) is 26.2 Å². The lowest BCUT2D eigenvalue weighted by atomic mass is 10.2. The number of aryl methyl sites for hydroxylation is 2. The zero-order chi connectivity index (χ0) is 16.9. The van der Waals surface area contributed by atoms with Crippen molar-refractivity contribution in [1.29, 1.82) is 0 Å². The van der Waals surface area contributed by atoms with Gasteiger partial charge in [0.1, 0.15) is 5.75 Å². The molecular weight excluding hydrogens is 304 g/mol. The van der Waals surface area contributed by atoms with Crippen molar-refractivity contribution in [3.8, 4) is 5.75 Å². The van der Waals surface area contributed by atoms with Gasteiger partial charge >= 0.3 is 0 Å². The number of anilines is 1. The van der Waals surface area contributed by atoms with Crippen molar-refractivity contribution in [2.45, 2.75) is 13.8 Å². The van der Waals surface area contributed by atoms with Gasteiger partial charge in [-0.1, -0.05) is 17.7 Å². The van der Waals surface area contributed by atoms with Crippen LogP contribution in [0.15, 0.2) is 36.4 Å². The van der Waals surface area contributed by atoms with Gasteiger partial charge in [0.05, 0.1) is 5.69 Å². The van der Waals surface area contributed by atoms with Crippen LogP contribution in [-0.4, -0.2) is 53.8 Å². The fourth-order valence-electron chi connectivity index (χ4n) is 2.62. The average Bonchev–Trinajstić information content (AvgIpc) is 2.62. The first kappa shape index (κ1) is 16.2. The van der Waals surface area contributed by atoms with Crippen molar-refractivity contribution in [3.05, 3.63) is 47.7 Å². The summed E-state index contributed by atoms with van der Waals surface area (Å²) in [7, 11) is 0. The van der Waals surface area contributed by atoms with Crippen molar-refractivity contribution >= 4 is 11.7 Å². The van der Waals surface area contributed by atoms with E-state index >= 15 is 0 Å². The Kier molecular flexibility index (Phi) is 4.93. The molecule has 24 heavy (non-hydrogen) atoms. The number of carbonyl (C=O) groups excluding carboxylic acids is 1. The van der Waals surface area contributed by atoms with E-state index < -0.39 is 0 Å². The van der Waals surface area contributed by atoms with Crippen LogP contribution in [0, 0.1) is 13.8 Å². The predicted molar refractivity (Wildman–Crippen MR) is 92.2 cm³/mol. The molecule has 6 nitrogen and oxygen atoms in total. The normalized spacial score (nSPS) is 14.6. The van der Waals surface area contributed by atoms with Crippen LogP contribution in [-0.2, 0) is 4.79 Å². The highest BCUT2D eigenvalue weighted by atomic mass is 16.5. The number of carbonyl (C=O) groups is 1. The molecule has 0 atom stereocenters. The summed E-state index contributed by atoms with van der Waals surface area (Å²) in [5.74, 6) is 1.61. The highest BCUT2D eigenvalue weighted by Gasteiger charge is 2.22. The van der Waals surface area contributed by atoms with E-state index in [1.54, 1.807) is 0 Å². The highest BCUT2D eigenvalue weighted by molar-refractivity contribution is 5.78. The van der Waals surface area contributed by atoms with Crippen molar-refractivity contribution in [3.63, 3.8) is 0 Å². The van der Waals surface area contributed by atoms with Gasteiger partial charge in [-0.25, -0.2) is 0 Å². The van der Waals surface area contributed by atoms with Crippen LogP contribution in [0.25, 0.3) is 0 Å². The van der Waals surface area contributed by atoms with Crippen molar-refractivity contribution in [2.24, 2.45) is 0 Å². The van der Waals surface area contributed by atoms with Gasteiger partial charge in [-0.15, -0.1) is 5.10 Å². The molecule has 0 radical (unpaired) electrons. The first-order chi connectivity index (χ1) is 11.6. The zero-order valence-corrected chi connectivity index (χ0v) is 14.1. The first-order valence-electron chi connectivity index (χ1n) is 8.14. The SMILES string of the molecule is Cc1ccc(OCC(=O)N2CCN(c3ccc(C)nn3)CC2)cc1. The summed E-state index contributed by atoms with van der Waals surface area (Å²) in [6, 6.07) is 11.6. The Morgan fingerprint density at radius 3 is 2.33 bits per heavy atom. The third-order valence-corrected chi connectivity index (χ3v) is 4.12. The van der Waals surface area contributed by atoms with Gasteiger partial charge in [0.25, 0.3) is 5.91 Å². The molecule has 3 rings (SSSR count). The second-order valence-corrected chi connectivity index (χ2v) is 6.00. The molecule has 1 aromatic carbocycles. The molecule has 0 unspecified atom stereocenters. The number of piperazine rings is 1. The Labute approximate surface area is 142 Å². The van der Waals surface area contributed by atoms with E-state index in [2.05, 4.69) is 15.1 Å². The van der Waals surface area contributed by atoms with Crippen LogP contribution in [0.1, 0.15) is 11.3 Å². The number of nitrogens with zero attached hydrogens (tertiary/aromatic N) is 4. The lowest BCUT2D eigenvalue weighted by molar-refractivity contribution is -0.133. The van der Waals surface area contributed by atoms with Crippen LogP contribution in [0.5, 0.6) is 5.75 Å². The molecular formula is C18H22N4O2. The van der Waals surface area contributed by atoms with Gasteiger partial charge in [-0.3, -0.25) is 4.79 Å². The minimum Gasteiger partial charge on any atom is -0.484 e. The summed E-state index contributed by atoms with van der Waals surface area (Å²) in [4.78, 5) is 16.3. The molecule has 6 heteroatoms. The van der Waals surface area contributed by atoms with E-state index in [1.165, 1.54) is 5.56 Å². The van der Waals surface area contributed by atoms with E-state index in [0.717, 1.165) is 30.4 Å². The number of rotatable bonds is 4. The lowest BCUT2D eigenvalue weighted by Gasteiger charge is -2.35. The molecule has 1 aliphatic heterocycles. The number of benzene rings is 1. The zero-order valence-electron chi connectivity index (χ0n) is 14.1. The molecule has 0 saturated carbocycles. The molecule has 2 heterocycles. The minimum atomic E-state index is 0.0187.